The standard InChI is InChI=1S/C10H23N3O4S/c1-10(2,3)17-9(14)13(4)7-6-11-8-12-18(5,15)16/h11-12H,6-8H2,1-5H3. The summed E-state index contributed by atoms with van der Waals surface area (Å²) in [7, 11) is -1.56. The fourth-order valence-corrected chi connectivity index (χ4v) is 1.31. The minimum Gasteiger partial charge on any atom is -0.444 e. The molecular weight excluding hydrogens is 258 g/mol. The molecule has 0 saturated carbocycles. The van der Waals surface area contributed by atoms with Crippen LogP contribution in [0.5, 0.6) is 0 Å². The van der Waals surface area contributed by atoms with Crippen molar-refractivity contribution in [1.29, 1.82) is 0 Å². The first kappa shape index (κ1) is 17.1. The van der Waals surface area contributed by atoms with Crippen LogP contribution in [0.2, 0.25) is 0 Å². The van der Waals surface area contributed by atoms with Crippen LogP contribution in [0.25, 0.3) is 0 Å². The first-order chi connectivity index (χ1) is 8.01. The van der Waals surface area contributed by atoms with E-state index in [2.05, 4.69) is 10.0 Å². The monoisotopic (exact) mass is 281 g/mol. The van der Waals surface area contributed by atoms with Gasteiger partial charge in [-0.3, -0.25) is 0 Å². The number of hydrogen-bond acceptors (Lipinski definition) is 5. The van der Waals surface area contributed by atoms with Gasteiger partial charge in [0.1, 0.15) is 5.60 Å². The Morgan fingerprint density at radius 2 is 1.89 bits per heavy atom. The summed E-state index contributed by atoms with van der Waals surface area (Å²) in [5, 5.41) is 2.85. The molecule has 0 aliphatic rings. The van der Waals surface area contributed by atoms with Gasteiger partial charge in [0.15, 0.2) is 0 Å². The maximum absolute atomic E-state index is 11.5. The molecule has 0 radical (unpaired) electrons. The number of hydrogen-bond donors (Lipinski definition) is 2. The number of ether oxygens (including phenoxy) is 1. The second-order valence-electron chi connectivity index (χ2n) is 5.00. The molecule has 18 heavy (non-hydrogen) atoms. The largest absolute Gasteiger partial charge is 0.444 e. The van der Waals surface area contributed by atoms with E-state index in [9.17, 15) is 13.2 Å². The van der Waals surface area contributed by atoms with E-state index in [4.69, 9.17) is 4.74 Å². The van der Waals surface area contributed by atoms with Gasteiger partial charge in [0.2, 0.25) is 10.0 Å². The van der Waals surface area contributed by atoms with E-state index >= 15 is 0 Å². The lowest BCUT2D eigenvalue weighted by molar-refractivity contribution is 0.0300. The van der Waals surface area contributed by atoms with E-state index in [0.29, 0.717) is 13.1 Å². The highest BCUT2D eigenvalue weighted by Crippen LogP contribution is 2.08. The lowest BCUT2D eigenvalue weighted by atomic mass is 10.2. The summed E-state index contributed by atoms with van der Waals surface area (Å²) in [4.78, 5) is 13.0. The Kier molecular flexibility index (Phi) is 6.58. The molecule has 0 aromatic heterocycles. The number of nitrogens with one attached hydrogen (secondary N) is 2. The summed E-state index contributed by atoms with van der Waals surface area (Å²) < 4.78 is 29.0. The van der Waals surface area contributed by atoms with Crippen molar-refractivity contribution in [3.63, 3.8) is 0 Å². The highest BCUT2D eigenvalue weighted by molar-refractivity contribution is 7.88. The lowest BCUT2D eigenvalue weighted by Crippen LogP contribution is -2.40. The van der Waals surface area contributed by atoms with Crippen molar-refractivity contribution in [1.82, 2.24) is 14.9 Å². The van der Waals surface area contributed by atoms with E-state index < -0.39 is 21.7 Å². The fourth-order valence-electron chi connectivity index (χ4n) is 0.948. The fraction of sp³-hybridized carbons (Fsp3) is 0.900. The zero-order valence-corrected chi connectivity index (χ0v) is 12.4. The van der Waals surface area contributed by atoms with Crippen molar-refractivity contribution in [2.24, 2.45) is 0 Å². The van der Waals surface area contributed by atoms with Gasteiger partial charge in [-0.15, -0.1) is 0 Å². The zero-order valence-electron chi connectivity index (χ0n) is 11.6. The molecule has 1 amide bonds. The first-order valence-electron chi connectivity index (χ1n) is 5.61. The van der Waals surface area contributed by atoms with Gasteiger partial charge in [0, 0.05) is 20.1 Å². The number of nitrogens with zero attached hydrogens (tertiary/aromatic N) is 1. The van der Waals surface area contributed by atoms with E-state index in [1.807, 2.05) is 0 Å². The molecule has 0 saturated heterocycles. The van der Waals surface area contributed by atoms with Crippen molar-refractivity contribution < 1.29 is 17.9 Å². The van der Waals surface area contributed by atoms with Crippen molar-refractivity contribution in [2.45, 2.75) is 26.4 Å². The number of rotatable bonds is 6. The third-order valence-electron chi connectivity index (χ3n) is 1.79. The summed E-state index contributed by atoms with van der Waals surface area (Å²) in [5.41, 5.74) is -0.517. The van der Waals surface area contributed by atoms with Crippen LogP contribution in [0.4, 0.5) is 4.79 Å². The van der Waals surface area contributed by atoms with Crippen molar-refractivity contribution >= 4 is 16.1 Å². The van der Waals surface area contributed by atoms with Crippen molar-refractivity contribution in [3.05, 3.63) is 0 Å². The molecule has 0 spiro atoms. The van der Waals surface area contributed by atoms with Gasteiger partial charge >= 0.3 is 6.09 Å². The summed E-state index contributed by atoms with van der Waals surface area (Å²) in [6, 6.07) is 0. The molecule has 7 nitrogen and oxygen atoms in total. The van der Waals surface area contributed by atoms with Gasteiger partial charge in [0.25, 0.3) is 0 Å². The molecule has 0 aliphatic carbocycles. The van der Waals surface area contributed by atoms with E-state index in [1.54, 1.807) is 27.8 Å². The molecule has 0 bridgehead atoms. The van der Waals surface area contributed by atoms with Crippen LogP contribution in [0.1, 0.15) is 20.8 Å². The van der Waals surface area contributed by atoms with Gasteiger partial charge in [-0.25, -0.2) is 17.9 Å². The topological polar surface area (TPSA) is 87.7 Å². The average molecular weight is 281 g/mol. The van der Waals surface area contributed by atoms with Gasteiger partial charge < -0.3 is 15.0 Å². The van der Waals surface area contributed by atoms with Gasteiger partial charge in [-0.05, 0) is 20.8 Å². The maximum atomic E-state index is 11.5. The van der Waals surface area contributed by atoms with E-state index in [-0.39, 0.29) is 6.67 Å². The third kappa shape index (κ3) is 10.3. The van der Waals surface area contributed by atoms with Crippen LogP contribution in [-0.2, 0) is 14.8 Å². The molecule has 0 heterocycles. The van der Waals surface area contributed by atoms with Gasteiger partial charge in [0.05, 0.1) is 12.9 Å². The zero-order chi connectivity index (χ0) is 14.4. The summed E-state index contributed by atoms with van der Waals surface area (Å²) in [5.74, 6) is 0. The molecule has 2 N–H and O–H groups in total. The summed E-state index contributed by atoms with van der Waals surface area (Å²) in [6.45, 7) is 6.44. The average Bonchev–Trinajstić information content (AvgIpc) is 2.12. The number of sulfonamides is 1. The molecule has 0 aromatic carbocycles. The molecule has 0 fully saturated rings. The number of carbonyl (C=O) groups excluding carboxylic acids is 1. The van der Waals surface area contributed by atoms with Crippen molar-refractivity contribution in [2.75, 3.05) is 33.1 Å². The van der Waals surface area contributed by atoms with E-state index in [0.717, 1.165) is 6.26 Å². The molecule has 0 atom stereocenters. The minimum absolute atomic E-state index is 0.140. The highest BCUT2D eigenvalue weighted by Gasteiger charge is 2.18. The molecule has 0 rings (SSSR count). The Bertz CT molecular complexity index is 362. The highest BCUT2D eigenvalue weighted by atomic mass is 32.2. The van der Waals surface area contributed by atoms with Crippen LogP contribution >= 0.6 is 0 Å². The number of likely N-dealkylation sites (N-methyl/N-ethyl adjacent to an activating group) is 1. The Hall–Kier alpha value is -0.860. The SMILES string of the molecule is CN(CCNCNS(C)(=O)=O)C(=O)OC(C)(C)C. The second kappa shape index (κ2) is 6.91. The Morgan fingerprint density at radius 3 is 2.33 bits per heavy atom. The van der Waals surface area contributed by atoms with Gasteiger partial charge in [-0.2, -0.15) is 0 Å². The first-order valence-corrected chi connectivity index (χ1v) is 7.50. The Morgan fingerprint density at radius 1 is 1.33 bits per heavy atom. The molecule has 0 unspecified atom stereocenters. The molecule has 0 aromatic rings. The Balaban J connectivity index is 3.77. The smallest absolute Gasteiger partial charge is 0.410 e. The molecule has 108 valence electrons. The Labute approximate surface area is 109 Å². The quantitative estimate of drug-likeness (QED) is 0.526. The summed E-state index contributed by atoms with van der Waals surface area (Å²) in [6.07, 6.45) is 0.682. The summed E-state index contributed by atoms with van der Waals surface area (Å²) >= 11 is 0. The van der Waals surface area contributed by atoms with Crippen LogP contribution < -0.4 is 10.0 Å². The second-order valence-corrected chi connectivity index (χ2v) is 6.83. The molecule has 0 aliphatic heterocycles. The number of amides is 1. The van der Waals surface area contributed by atoms with Crippen LogP contribution in [0.3, 0.4) is 0 Å². The van der Waals surface area contributed by atoms with Crippen LogP contribution in [0, 0.1) is 0 Å². The van der Waals surface area contributed by atoms with E-state index in [1.165, 1.54) is 4.90 Å². The third-order valence-corrected chi connectivity index (χ3v) is 2.46. The van der Waals surface area contributed by atoms with Crippen LogP contribution in [0.15, 0.2) is 0 Å². The van der Waals surface area contributed by atoms with Gasteiger partial charge in [-0.1, -0.05) is 0 Å². The normalized spacial score (nSPS) is 12.3. The maximum Gasteiger partial charge on any atom is 0.410 e. The molecular formula is C10H23N3O4S. The van der Waals surface area contributed by atoms with Crippen molar-refractivity contribution in [3.8, 4) is 0 Å². The molecule has 8 heteroatoms. The predicted molar refractivity (Wildman–Crippen MR) is 69.7 cm³/mol. The minimum atomic E-state index is -3.18. The van der Waals surface area contributed by atoms with Crippen LogP contribution in [-0.4, -0.2) is 58.1 Å². The lowest BCUT2D eigenvalue weighted by Gasteiger charge is -2.24. The predicted octanol–water partition coefficient (Wildman–Crippen LogP) is -0.0504. The number of carbonyl (C=O) groups is 1.